The molecule has 3 saturated carbocycles. The summed E-state index contributed by atoms with van der Waals surface area (Å²) in [5, 5.41) is 40.9. The lowest BCUT2D eigenvalue weighted by atomic mass is 9.44. The van der Waals surface area contributed by atoms with E-state index in [0.29, 0.717) is 11.3 Å². The van der Waals surface area contributed by atoms with Crippen LogP contribution in [0.3, 0.4) is 0 Å². The normalized spacial score (nSPS) is 47.3. The first-order valence-electron chi connectivity index (χ1n) is 17.9. The van der Waals surface area contributed by atoms with Crippen molar-refractivity contribution in [2.75, 3.05) is 6.61 Å². The van der Waals surface area contributed by atoms with Crippen molar-refractivity contribution in [3.8, 4) is 0 Å². The Labute approximate surface area is 262 Å². The molecule has 1 heterocycles. The van der Waals surface area contributed by atoms with Gasteiger partial charge in [0.25, 0.3) is 0 Å². The average molecular weight is 605 g/mol. The third-order valence-electron chi connectivity index (χ3n) is 14.3. The van der Waals surface area contributed by atoms with Crippen LogP contribution in [-0.2, 0) is 9.47 Å². The van der Waals surface area contributed by atoms with Crippen LogP contribution in [0.25, 0.3) is 0 Å². The Morgan fingerprint density at radius 2 is 1.63 bits per heavy atom. The summed E-state index contributed by atoms with van der Waals surface area (Å²) in [5.74, 6) is 5.55. The number of rotatable bonds is 9. The molecule has 4 aliphatic carbocycles. The van der Waals surface area contributed by atoms with Crippen molar-refractivity contribution in [2.24, 2.45) is 57.7 Å². The fraction of sp³-hybridized carbons (Fsp3) is 0.946. The number of fused-ring (bicyclic) bond motifs is 5. The third-order valence-corrected chi connectivity index (χ3v) is 14.3. The molecule has 3 unspecified atom stereocenters. The Kier molecular flexibility index (Phi) is 9.92. The minimum atomic E-state index is -1.42. The van der Waals surface area contributed by atoms with Crippen LogP contribution >= 0.6 is 0 Å². The summed E-state index contributed by atoms with van der Waals surface area (Å²) in [6.45, 7) is 19.0. The van der Waals surface area contributed by atoms with E-state index >= 15 is 0 Å². The molecule has 6 heteroatoms. The summed E-state index contributed by atoms with van der Waals surface area (Å²) in [4.78, 5) is 0. The molecule has 1 aliphatic heterocycles. The monoisotopic (exact) mass is 604 g/mol. The Morgan fingerprint density at radius 1 is 0.907 bits per heavy atom. The summed E-state index contributed by atoms with van der Waals surface area (Å²) in [7, 11) is 0. The van der Waals surface area contributed by atoms with Crippen LogP contribution in [-0.4, -0.2) is 63.8 Å². The summed E-state index contributed by atoms with van der Waals surface area (Å²) >= 11 is 0. The van der Waals surface area contributed by atoms with Crippen LogP contribution in [0, 0.1) is 57.7 Å². The van der Waals surface area contributed by atoms with Crippen molar-refractivity contribution >= 4 is 0 Å². The lowest BCUT2D eigenvalue weighted by Gasteiger charge is -2.62. The Bertz CT molecular complexity index is 992. The second-order valence-electron chi connectivity index (χ2n) is 16.9. The first-order chi connectivity index (χ1) is 20.2. The number of hydrogen-bond acceptors (Lipinski definition) is 6. The molecule has 0 aromatic carbocycles. The SMILES string of the molecule is CC[C@H](CC[C@@H](C)[C@H]1CCC2C3CC=C4C(C)(C)[C@@H](O[C@@H]5O[C@H](CO)[C@@H](O)[C@H](O)[C@H]5O)CC[C@]4(C)C3CC[C@@]21C)C(C)C. The first kappa shape index (κ1) is 33.9. The van der Waals surface area contributed by atoms with Crippen LogP contribution in [0.4, 0.5) is 0 Å². The van der Waals surface area contributed by atoms with Gasteiger partial charge in [-0.2, -0.15) is 0 Å². The predicted octanol–water partition coefficient (Wildman–Crippen LogP) is 6.49. The highest BCUT2D eigenvalue weighted by molar-refractivity contribution is 5.31. The van der Waals surface area contributed by atoms with E-state index in [-0.39, 0.29) is 16.9 Å². The minimum Gasteiger partial charge on any atom is -0.394 e. The van der Waals surface area contributed by atoms with Gasteiger partial charge >= 0.3 is 0 Å². The summed E-state index contributed by atoms with van der Waals surface area (Å²) in [6.07, 6.45) is 8.76. The van der Waals surface area contributed by atoms with E-state index in [1.807, 2.05) is 0 Å². The fourth-order valence-electron chi connectivity index (χ4n) is 11.6. The molecule has 14 atom stereocenters. The van der Waals surface area contributed by atoms with Crippen molar-refractivity contribution in [2.45, 2.75) is 156 Å². The minimum absolute atomic E-state index is 0.137. The highest BCUT2D eigenvalue weighted by Crippen LogP contribution is 2.69. The molecule has 4 N–H and O–H groups in total. The van der Waals surface area contributed by atoms with Crippen molar-refractivity contribution in [3.05, 3.63) is 11.6 Å². The van der Waals surface area contributed by atoms with E-state index in [4.69, 9.17) is 9.47 Å². The quantitative estimate of drug-likeness (QED) is 0.225. The van der Waals surface area contributed by atoms with Gasteiger partial charge < -0.3 is 29.9 Å². The fourth-order valence-corrected chi connectivity index (χ4v) is 11.6. The van der Waals surface area contributed by atoms with Gasteiger partial charge in [-0.25, -0.2) is 0 Å². The molecule has 0 aromatic rings. The maximum Gasteiger partial charge on any atom is 0.187 e. The van der Waals surface area contributed by atoms with Crippen LogP contribution in [0.5, 0.6) is 0 Å². The van der Waals surface area contributed by atoms with Crippen molar-refractivity contribution in [1.29, 1.82) is 0 Å². The molecule has 0 spiro atoms. The molecule has 1 saturated heterocycles. The maximum absolute atomic E-state index is 10.7. The zero-order valence-electron chi connectivity index (χ0n) is 28.5. The maximum atomic E-state index is 10.7. The van der Waals surface area contributed by atoms with E-state index in [1.165, 1.54) is 50.5 Å². The van der Waals surface area contributed by atoms with Gasteiger partial charge in [0.2, 0.25) is 0 Å². The molecule has 6 nitrogen and oxygen atoms in total. The number of ether oxygens (including phenoxy) is 2. The molecule has 0 bridgehead atoms. The molecule has 0 aromatic heterocycles. The molecular formula is C37H64O6. The highest BCUT2D eigenvalue weighted by atomic mass is 16.7. The van der Waals surface area contributed by atoms with E-state index in [1.54, 1.807) is 0 Å². The number of aliphatic hydroxyl groups is 4. The molecule has 5 aliphatic rings. The number of allylic oxidation sites excluding steroid dienone is 1. The smallest absolute Gasteiger partial charge is 0.187 e. The predicted molar refractivity (Wildman–Crippen MR) is 170 cm³/mol. The van der Waals surface area contributed by atoms with Gasteiger partial charge in [0.1, 0.15) is 24.4 Å². The average Bonchev–Trinajstić information content (AvgIpc) is 3.32. The number of hydrogen-bond donors (Lipinski definition) is 4. The van der Waals surface area contributed by atoms with E-state index < -0.39 is 37.3 Å². The zero-order valence-corrected chi connectivity index (χ0v) is 28.5. The van der Waals surface area contributed by atoms with Crippen LogP contribution in [0.15, 0.2) is 11.6 Å². The van der Waals surface area contributed by atoms with Gasteiger partial charge in [0.05, 0.1) is 12.7 Å². The zero-order chi connectivity index (χ0) is 31.5. The molecule has 5 rings (SSSR count). The van der Waals surface area contributed by atoms with Gasteiger partial charge in [-0.1, -0.05) is 79.9 Å². The van der Waals surface area contributed by atoms with Crippen molar-refractivity contribution in [1.82, 2.24) is 0 Å². The van der Waals surface area contributed by atoms with Gasteiger partial charge in [-0.05, 0) is 104 Å². The largest absolute Gasteiger partial charge is 0.394 e. The van der Waals surface area contributed by atoms with Gasteiger partial charge in [-0.3, -0.25) is 0 Å². The summed E-state index contributed by atoms with van der Waals surface area (Å²) in [5.41, 5.74) is 1.84. The summed E-state index contributed by atoms with van der Waals surface area (Å²) < 4.78 is 12.2. The first-order valence-corrected chi connectivity index (χ1v) is 17.9. The topological polar surface area (TPSA) is 99.4 Å². The van der Waals surface area contributed by atoms with E-state index in [0.717, 1.165) is 54.8 Å². The second-order valence-corrected chi connectivity index (χ2v) is 16.9. The van der Waals surface area contributed by atoms with Crippen LogP contribution in [0.1, 0.15) is 120 Å². The Hall–Kier alpha value is -0.500. The summed E-state index contributed by atoms with van der Waals surface area (Å²) in [6, 6.07) is 0. The van der Waals surface area contributed by atoms with Crippen LogP contribution in [0.2, 0.25) is 0 Å². The van der Waals surface area contributed by atoms with Gasteiger partial charge in [-0.15, -0.1) is 0 Å². The molecular weight excluding hydrogens is 540 g/mol. The third kappa shape index (κ3) is 5.71. The standard InChI is InChI=1S/C37H64O6/c1-9-23(21(2)3)11-10-22(4)25-13-14-26-24-12-15-29-35(5,6)30(17-19-37(29,8)27(24)16-18-36(25,26)7)43-34-33(41)32(40)31(39)28(20-38)42-34/h15,21-28,30-34,38-41H,9-14,16-20H2,1-8H3/t22-,23-,24?,25-,26?,27?,28-,30+,31-,32+,33-,34+,36-,37-/m1/s1. The Balaban J connectivity index is 1.30. The molecule has 0 amide bonds. The number of aliphatic hydroxyl groups excluding tert-OH is 4. The lowest BCUT2D eigenvalue weighted by Crippen LogP contribution is -2.61. The van der Waals surface area contributed by atoms with Crippen LogP contribution < -0.4 is 0 Å². The highest BCUT2D eigenvalue weighted by Gasteiger charge is 2.62. The molecule has 43 heavy (non-hydrogen) atoms. The van der Waals surface area contributed by atoms with Gasteiger partial charge in [0, 0.05) is 5.41 Å². The van der Waals surface area contributed by atoms with E-state index in [9.17, 15) is 20.4 Å². The molecule has 4 fully saturated rings. The van der Waals surface area contributed by atoms with Gasteiger partial charge in [0.15, 0.2) is 6.29 Å². The lowest BCUT2D eigenvalue weighted by molar-refractivity contribution is -0.320. The second kappa shape index (κ2) is 12.6. The van der Waals surface area contributed by atoms with Crippen molar-refractivity contribution < 1.29 is 29.9 Å². The van der Waals surface area contributed by atoms with Crippen molar-refractivity contribution in [3.63, 3.8) is 0 Å². The van der Waals surface area contributed by atoms with E-state index in [2.05, 4.69) is 61.5 Å². The Morgan fingerprint density at radius 3 is 2.28 bits per heavy atom. The molecule has 0 radical (unpaired) electrons. The molecule has 248 valence electrons.